The van der Waals surface area contributed by atoms with Crippen LogP contribution < -0.4 is 5.32 Å². The van der Waals surface area contributed by atoms with E-state index in [-0.39, 0.29) is 17.8 Å². The predicted molar refractivity (Wildman–Crippen MR) is 94.9 cm³/mol. The van der Waals surface area contributed by atoms with Crippen LogP contribution in [-0.4, -0.2) is 21.5 Å². The molecule has 0 bridgehead atoms. The van der Waals surface area contributed by atoms with Gasteiger partial charge in [-0.15, -0.1) is 0 Å². The number of amides is 1. The summed E-state index contributed by atoms with van der Waals surface area (Å²) in [5, 5.41) is 2.95. The van der Waals surface area contributed by atoms with E-state index in [0.29, 0.717) is 16.2 Å². The minimum absolute atomic E-state index is 0.0391. The topological polar surface area (TPSA) is 63.0 Å². The molecule has 0 spiro atoms. The van der Waals surface area contributed by atoms with E-state index in [1.807, 2.05) is 19.1 Å². The Labute approximate surface area is 149 Å². The molecule has 3 rings (SSSR count). The van der Waals surface area contributed by atoms with Crippen LogP contribution in [0.25, 0.3) is 5.69 Å². The average Bonchev–Trinajstić information content (AvgIpc) is 3.23. The molecule has 0 aliphatic carbocycles. The second-order valence-corrected chi connectivity index (χ2v) is 6.17. The van der Waals surface area contributed by atoms with Gasteiger partial charge in [0.2, 0.25) is 0 Å². The van der Waals surface area contributed by atoms with E-state index in [4.69, 9.17) is 16.6 Å². The molecule has 7 heteroatoms. The third kappa shape index (κ3) is 4.06. The normalized spacial score (nSPS) is 12.1. The monoisotopic (exact) mass is 359 g/mol. The molecule has 0 fully saturated rings. The van der Waals surface area contributed by atoms with Crippen LogP contribution in [0.15, 0.2) is 53.3 Å². The second kappa shape index (κ2) is 7.48. The van der Waals surface area contributed by atoms with Crippen LogP contribution in [0, 0.1) is 10.6 Å². The summed E-state index contributed by atoms with van der Waals surface area (Å²) < 4.78 is 20.4. The number of hydrogen-bond donors (Lipinski definition) is 2. The number of H-pyrrole nitrogens is 1. The lowest BCUT2D eigenvalue weighted by Gasteiger charge is -2.14. The molecule has 0 aliphatic rings. The van der Waals surface area contributed by atoms with Gasteiger partial charge in [-0.3, -0.25) is 9.36 Å². The lowest BCUT2D eigenvalue weighted by Crippen LogP contribution is -2.34. The molecule has 0 radical (unpaired) electrons. The van der Waals surface area contributed by atoms with Gasteiger partial charge in [-0.25, -0.2) is 4.39 Å². The van der Waals surface area contributed by atoms with E-state index in [1.165, 1.54) is 12.1 Å². The van der Waals surface area contributed by atoms with Crippen LogP contribution in [0.4, 0.5) is 4.39 Å². The third-order valence-corrected chi connectivity index (χ3v) is 4.18. The highest BCUT2D eigenvalue weighted by molar-refractivity contribution is 7.71. The van der Waals surface area contributed by atoms with Crippen molar-refractivity contribution in [2.45, 2.75) is 25.8 Å². The average molecular weight is 359 g/mol. The molecule has 0 saturated carbocycles. The van der Waals surface area contributed by atoms with Crippen molar-refractivity contribution in [2.24, 2.45) is 0 Å². The van der Waals surface area contributed by atoms with E-state index in [2.05, 4.69) is 10.3 Å². The zero-order chi connectivity index (χ0) is 17.8. The molecule has 2 N–H and O–H groups in total. The summed E-state index contributed by atoms with van der Waals surface area (Å²) in [6, 6.07) is 9.53. The highest BCUT2D eigenvalue weighted by Crippen LogP contribution is 2.14. The Morgan fingerprint density at radius 2 is 2.12 bits per heavy atom. The Morgan fingerprint density at radius 3 is 2.80 bits per heavy atom. The van der Waals surface area contributed by atoms with Crippen molar-refractivity contribution in [1.82, 2.24) is 14.9 Å². The first kappa shape index (κ1) is 17.2. The van der Waals surface area contributed by atoms with Gasteiger partial charge in [-0.1, -0.05) is 0 Å². The fourth-order valence-electron chi connectivity index (χ4n) is 2.57. The van der Waals surface area contributed by atoms with Crippen molar-refractivity contribution in [2.75, 3.05) is 0 Å². The van der Waals surface area contributed by atoms with Crippen LogP contribution >= 0.6 is 12.2 Å². The molecule has 3 aromatic rings. The minimum atomic E-state index is -0.344. The number of nitrogens with one attached hydrogen (secondary N) is 2. The maximum absolute atomic E-state index is 13.1. The maximum atomic E-state index is 13.1. The first-order valence-electron chi connectivity index (χ1n) is 7.94. The van der Waals surface area contributed by atoms with Gasteiger partial charge in [-0.2, -0.15) is 0 Å². The van der Waals surface area contributed by atoms with Crippen molar-refractivity contribution < 1.29 is 13.6 Å². The van der Waals surface area contributed by atoms with E-state index < -0.39 is 0 Å². The molecule has 25 heavy (non-hydrogen) atoms. The molecule has 1 aromatic carbocycles. The van der Waals surface area contributed by atoms with Crippen LogP contribution in [0.2, 0.25) is 0 Å². The number of aromatic nitrogens is 2. The van der Waals surface area contributed by atoms with Gasteiger partial charge >= 0.3 is 0 Å². The van der Waals surface area contributed by atoms with Gasteiger partial charge in [-0.05, 0) is 62.0 Å². The fourth-order valence-corrected chi connectivity index (χ4v) is 2.83. The summed E-state index contributed by atoms with van der Waals surface area (Å²) in [5.74, 6) is 0.295. The third-order valence-electron chi connectivity index (χ3n) is 3.88. The van der Waals surface area contributed by atoms with Crippen molar-refractivity contribution in [3.63, 3.8) is 0 Å². The molecule has 130 valence electrons. The number of nitrogens with zero attached hydrogens (tertiary/aromatic N) is 1. The Bertz CT molecular complexity index is 897. The molecular formula is C18H18FN3O2S. The predicted octanol–water partition coefficient (Wildman–Crippen LogP) is 4.02. The van der Waals surface area contributed by atoms with Gasteiger partial charge in [0.15, 0.2) is 4.77 Å². The van der Waals surface area contributed by atoms with Gasteiger partial charge in [0.25, 0.3) is 5.91 Å². The summed E-state index contributed by atoms with van der Waals surface area (Å²) in [4.78, 5) is 15.5. The number of aryl methyl sites for hydroxylation is 1. The summed E-state index contributed by atoms with van der Waals surface area (Å²) in [6.07, 6.45) is 4.68. The number of hydrogen-bond acceptors (Lipinski definition) is 3. The van der Waals surface area contributed by atoms with Crippen LogP contribution in [0.5, 0.6) is 0 Å². The highest BCUT2D eigenvalue weighted by Gasteiger charge is 2.16. The zero-order valence-corrected chi connectivity index (χ0v) is 14.5. The Kier molecular flexibility index (Phi) is 5.14. The number of rotatable bonds is 6. The van der Waals surface area contributed by atoms with Crippen LogP contribution in [0.1, 0.15) is 29.6 Å². The summed E-state index contributed by atoms with van der Waals surface area (Å²) >= 11 is 5.25. The fraction of sp³-hybridized carbons (Fsp3) is 0.222. The molecule has 5 nitrogen and oxygen atoms in total. The number of carbonyl (C=O) groups is 1. The molecule has 0 unspecified atom stereocenters. The molecule has 1 atom stereocenters. The number of aromatic amines is 1. The lowest BCUT2D eigenvalue weighted by atomic mass is 10.1. The maximum Gasteiger partial charge on any atom is 0.270 e. The molecule has 0 aliphatic heterocycles. The highest BCUT2D eigenvalue weighted by atomic mass is 32.1. The van der Waals surface area contributed by atoms with E-state index in [0.717, 1.165) is 18.6 Å². The van der Waals surface area contributed by atoms with Crippen molar-refractivity contribution >= 4 is 18.1 Å². The van der Waals surface area contributed by atoms with Gasteiger partial charge in [0.1, 0.15) is 17.3 Å². The first-order valence-corrected chi connectivity index (χ1v) is 8.35. The molecular weight excluding hydrogens is 341 g/mol. The minimum Gasteiger partial charge on any atom is -0.469 e. The SMILES string of the molecule is C[C@H](CCc1ccco1)NC(=O)c1c[nH]c(=S)n1-c1ccc(F)cc1. The molecule has 2 heterocycles. The largest absolute Gasteiger partial charge is 0.469 e. The number of imidazole rings is 1. The Hall–Kier alpha value is -2.67. The summed E-state index contributed by atoms with van der Waals surface area (Å²) in [5.41, 5.74) is 1.00. The quantitative estimate of drug-likeness (QED) is 0.654. The zero-order valence-electron chi connectivity index (χ0n) is 13.7. The second-order valence-electron chi connectivity index (χ2n) is 5.78. The number of furan rings is 1. The van der Waals surface area contributed by atoms with Crippen LogP contribution in [0.3, 0.4) is 0 Å². The summed E-state index contributed by atoms with van der Waals surface area (Å²) in [7, 11) is 0. The Morgan fingerprint density at radius 1 is 1.36 bits per heavy atom. The number of halogens is 1. The van der Waals surface area contributed by atoms with Gasteiger partial charge in [0.05, 0.1) is 6.26 Å². The lowest BCUT2D eigenvalue weighted by molar-refractivity contribution is 0.0931. The van der Waals surface area contributed by atoms with Crippen molar-refractivity contribution in [1.29, 1.82) is 0 Å². The van der Waals surface area contributed by atoms with E-state index in [1.54, 1.807) is 29.2 Å². The Balaban J connectivity index is 1.72. The van der Waals surface area contributed by atoms with Gasteiger partial charge < -0.3 is 14.7 Å². The van der Waals surface area contributed by atoms with E-state index >= 15 is 0 Å². The molecule has 2 aromatic heterocycles. The standard InChI is InChI=1S/C18H18FN3O2S/c1-12(4-9-15-3-2-10-24-15)21-17(23)16-11-20-18(25)22(16)14-7-5-13(19)6-8-14/h2-3,5-8,10-12H,4,9H2,1H3,(H,20,25)(H,21,23)/t12-/m1/s1. The van der Waals surface area contributed by atoms with Crippen LogP contribution in [-0.2, 0) is 6.42 Å². The van der Waals surface area contributed by atoms with Crippen molar-refractivity contribution in [3.8, 4) is 5.69 Å². The van der Waals surface area contributed by atoms with Gasteiger partial charge in [0, 0.05) is 24.3 Å². The first-order chi connectivity index (χ1) is 12.0. The number of benzene rings is 1. The van der Waals surface area contributed by atoms with E-state index in [9.17, 15) is 9.18 Å². The smallest absolute Gasteiger partial charge is 0.270 e. The van der Waals surface area contributed by atoms with Crippen molar-refractivity contribution in [3.05, 3.63) is 70.9 Å². The molecule has 0 saturated heterocycles. The molecule has 1 amide bonds. The summed E-state index contributed by atoms with van der Waals surface area (Å²) in [6.45, 7) is 1.93. The number of carbonyl (C=O) groups excluding carboxylic acids is 1.